The molecule has 1 heterocycles. The lowest BCUT2D eigenvalue weighted by Crippen LogP contribution is -2.36. The van der Waals surface area contributed by atoms with Crippen molar-refractivity contribution in [3.63, 3.8) is 0 Å². The van der Waals surface area contributed by atoms with Gasteiger partial charge in [-0.3, -0.25) is 0 Å². The molecule has 0 radical (unpaired) electrons. The van der Waals surface area contributed by atoms with Crippen LogP contribution in [0.15, 0.2) is 42.5 Å². The van der Waals surface area contributed by atoms with E-state index in [0.29, 0.717) is 0 Å². The van der Waals surface area contributed by atoms with Crippen molar-refractivity contribution in [2.24, 2.45) is 5.73 Å². The molecule has 0 spiro atoms. The number of aromatic nitrogens is 2. The van der Waals surface area contributed by atoms with Gasteiger partial charge in [-0.25, -0.2) is 0 Å². The summed E-state index contributed by atoms with van der Waals surface area (Å²) in [5.74, 6) is -0.456. The molecule has 0 saturated carbocycles. The van der Waals surface area contributed by atoms with Crippen LogP contribution in [0.1, 0.15) is 28.6 Å². The third kappa shape index (κ3) is 6.01. The SMILES string of the molecule is CC(N)(CO)c1nnc(-c2ccc(OCCc3cccc(C(F)(F)F)c3)c(C(F)(F)F)c2)s1. The summed E-state index contributed by atoms with van der Waals surface area (Å²) in [6.45, 7) is 0.836. The predicted molar refractivity (Wildman–Crippen MR) is 110 cm³/mol. The Morgan fingerprint density at radius 3 is 2.36 bits per heavy atom. The van der Waals surface area contributed by atoms with Crippen molar-refractivity contribution in [1.29, 1.82) is 0 Å². The van der Waals surface area contributed by atoms with Crippen molar-refractivity contribution >= 4 is 11.3 Å². The van der Waals surface area contributed by atoms with Crippen LogP contribution in [0.25, 0.3) is 10.6 Å². The van der Waals surface area contributed by atoms with Crippen LogP contribution in [0.2, 0.25) is 0 Å². The van der Waals surface area contributed by atoms with Crippen molar-refractivity contribution < 1.29 is 36.2 Å². The first-order valence-corrected chi connectivity index (χ1v) is 10.4. The number of nitrogens with two attached hydrogens (primary N) is 1. The Hall–Kier alpha value is -2.70. The molecule has 0 fully saturated rings. The fourth-order valence-corrected chi connectivity index (χ4v) is 3.72. The molecule has 3 aromatic rings. The van der Waals surface area contributed by atoms with E-state index in [1.165, 1.54) is 25.1 Å². The molecule has 12 heteroatoms. The zero-order valence-electron chi connectivity index (χ0n) is 17.2. The van der Waals surface area contributed by atoms with Gasteiger partial charge in [-0.05, 0) is 36.8 Å². The zero-order valence-corrected chi connectivity index (χ0v) is 18.0. The number of ether oxygens (including phenoxy) is 1. The first-order chi connectivity index (χ1) is 15.3. The summed E-state index contributed by atoms with van der Waals surface area (Å²) in [5, 5.41) is 17.5. The number of alkyl halides is 6. The number of nitrogens with zero attached hydrogens (tertiary/aromatic N) is 2. The molecular weight excluding hydrogens is 472 g/mol. The first kappa shape index (κ1) is 24.9. The standard InChI is InChI=1S/C21H19F6N3O2S/c1-19(28,11-31)18-30-29-17(33-18)13-5-6-16(15(10-13)21(25,26)27)32-8-7-12-3-2-4-14(9-12)20(22,23)24/h2-6,9-10,31H,7-8,11,28H2,1H3. The molecular formula is C21H19F6N3O2S. The van der Waals surface area contributed by atoms with E-state index in [2.05, 4.69) is 10.2 Å². The van der Waals surface area contributed by atoms with Crippen LogP contribution in [0, 0.1) is 0 Å². The van der Waals surface area contributed by atoms with Gasteiger partial charge in [-0.1, -0.05) is 29.5 Å². The minimum Gasteiger partial charge on any atom is -0.493 e. The Morgan fingerprint density at radius 2 is 1.73 bits per heavy atom. The molecule has 178 valence electrons. The van der Waals surface area contributed by atoms with Gasteiger partial charge < -0.3 is 15.6 Å². The molecule has 3 N–H and O–H groups in total. The molecule has 0 saturated heterocycles. The van der Waals surface area contributed by atoms with Crippen LogP contribution in [0.3, 0.4) is 0 Å². The van der Waals surface area contributed by atoms with E-state index >= 15 is 0 Å². The predicted octanol–water partition coefficient (Wildman–Crippen LogP) is 5.03. The van der Waals surface area contributed by atoms with Crippen LogP contribution < -0.4 is 10.5 Å². The van der Waals surface area contributed by atoms with Gasteiger partial charge in [-0.2, -0.15) is 26.3 Å². The average Bonchev–Trinajstić information content (AvgIpc) is 3.24. The van der Waals surface area contributed by atoms with E-state index in [9.17, 15) is 31.4 Å². The summed E-state index contributed by atoms with van der Waals surface area (Å²) in [6.07, 6.45) is -9.28. The summed E-state index contributed by atoms with van der Waals surface area (Å²) >= 11 is 0.954. The average molecular weight is 491 g/mol. The van der Waals surface area contributed by atoms with E-state index < -0.39 is 41.4 Å². The van der Waals surface area contributed by atoms with Crippen molar-refractivity contribution in [2.75, 3.05) is 13.2 Å². The highest BCUT2D eigenvalue weighted by atomic mass is 32.1. The molecule has 1 aromatic heterocycles. The third-order valence-electron chi connectivity index (χ3n) is 4.68. The lowest BCUT2D eigenvalue weighted by atomic mass is 10.1. The number of halogens is 6. The Balaban J connectivity index is 1.80. The molecule has 33 heavy (non-hydrogen) atoms. The van der Waals surface area contributed by atoms with Crippen molar-refractivity contribution in [1.82, 2.24) is 10.2 Å². The van der Waals surface area contributed by atoms with Crippen molar-refractivity contribution in [2.45, 2.75) is 31.2 Å². The van der Waals surface area contributed by atoms with Crippen molar-refractivity contribution in [3.8, 4) is 16.3 Å². The molecule has 2 aromatic carbocycles. The number of hydrogen-bond donors (Lipinski definition) is 2. The minimum atomic E-state index is -4.75. The molecule has 1 unspecified atom stereocenters. The van der Waals surface area contributed by atoms with Gasteiger partial charge in [0.05, 0.1) is 29.9 Å². The van der Waals surface area contributed by atoms with Gasteiger partial charge in [0.15, 0.2) is 0 Å². The molecule has 0 aliphatic carbocycles. The second kappa shape index (κ2) is 9.27. The summed E-state index contributed by atoms with van der Waals surface area (Å²) in [6, 6.07) is 7.87. The normalized spacial score (nSPS) is 14.2. The number of hydrogen-bond acceptors (Lipinski definition) is 6. The maximum absolute atomic E-state index is 13.6. The number of aliphatic hydroxyl groups is 1. The summed E-state index contributed by atoms with van der Waals surface area (Å²) in [5.41, 5.74) is 3.21. The molecule has 0 aliphatic rings. The third-order valence-corrected chi connectivity index (χ3v) is 5.93. The van der Waals surface area contributed by atoms with Crippen LogP contribution in [-0.2, 0) is 24.3 Å². The Labute approximate surface area is 188 Å². The number of rotatable bonds is 7. The first-order valence-electron chi connectivity index (χ1n) is 9.55. The van der Waals surface area contributed by atoms with Crippen LogP contribution in [0.4, 0.5) is 26.3 Å². The molecule has 3 rings (SSSR count). The largest absolute Gasteiger partial charge is 0.493 e. The van der Waals surface area contributed by atoms with E-state index in [0.717, 1.165) is 35.6 Å². The van der Waals surface area contributed by atoms with Gasteiger partial charge in [0, 0.05) is 12.0 Å². The lowest BCUT2D eigenvalue weighted by Gasteiger charge is -2.17. The molecule has 0 aliphatic heterocycles. The molecule has 1 atom stereocenters. The molecule has 0 amide bonds. The van der Waals surface area contributed by atoms with E-state index in [1.807, 2.05) is 0 Å². The Kier molecular flexibility index (Phi) is 7.01. The quantitative estimate of drug-likeness (QED) is 0.453. The number of benzene rings is 2. The maximum Gasteiger partial charge on any atom is 0.419 e. The van der Waals surface area contributed by atoms with E-state index in [1.54, 1.807) is 0 Å². The van der Waals surface area contributed by atoms with Crippen LogP contribution >= 0.6 is 11.3 Å². The van der Waals surface area contributed by atoms with Gasteiger partial charge in [0.2, 0.25) is 0 Å². The van der Waals surface area contributed by atoms with Crippen molar-refractivity contribution in [3.05, 3.63) is 64.2 Å². The van der Waals surface area contributed by atoms with Crippen LogP contribution in [-0.4, -0.2) is 28.5 Å². The summed E-state index contributed by atoms with van der Waals surface area (Å²) in [4.78, 5) is 0. The highest BCUT2D eigenvalue weighted by molar-refractivity contribution is 7.14. The van der Waals surface area contributed by atoms with E-state index in [-0.39, 0.29) is 34.2 Å². The summed E-state index contributed by atoms with van der Waals surface area (Å²) in [7, 11) is 0. The maximum atomic E-state index is 13.6. The second-order valence-corrected chi connectivity index (χ2v) is 8.47. The summed E-state index contributed by atoms with van der Waals surface area (Å²) < 4.78 is 84.6. The second-order valence-electron chi connectivity index (χ2n) is 7.49. The zero-order chi connectivity index (χ0) is 24.4. The van der Waals surface area contributed by atoms with E-state index in [4.69, 9.17) is 10.5 Å². The molecule has 0 bridgehead atoms. The topological polar surface area (TPSA) is 81.3 Å². The van der Waals surface area contributed by atoms with Gasteiger partial charge in [0.1, 0.15) is 15.8 Å². The highest BCUT2D eigenvalue weighted by Crippen LogP contribution is 2.40. The minimum absolute atomic E-state index is 0.0149. The van der Waals surface area contributed by atoms with Gasteiger partial charge in [0.25, 0.3) is 0 Å². The van der Waals surface area contributed by atoms with Gasteiger partial charge >= 0.3 is 12.4 Å². The monoisotopic (exact) mass is 491 g/mol. The fraction of sp³-hybridized carbons (Fsp3) is 0.333. The number of aliphatic hydroxyl groups excluding tert-OH is 1. The highest BCUT2D eigenvalue weighted by Gasteiger charge is 2.35. The lowest BCUT2D eigenvalue weighted by molar-refractivity contribution is -0.139. The molecule has 5 nitrogen and oxygen atoms in total. The Morgan fingerprint density at radius 1 is 1.00 bits per heavy atom. The van der Waals surface area contributed by atoms with Gasteiger partial charge in [-0.15, -0.1) is 10.2 Å². The Bertz CT molecular complexity index is 1110. The fourth-order valence-electron chi connectivity index (χ4n) is 2.83. The van der Waals surface area contributed by atoms with Crippen LogP contribution in [0.5, 0.6) is 5.75 Å². The smallest absolute Gasteiger partial charge is 0.419 e.